The molecule has 0 aromatic heterocycles. The number of nitrogens with one attached hydrogen (secondary N) is 1. The van der Waals surface area contributed by atoms with Crippen molar-refractivity contribution in [3.8, 4) is 0 Å². The molecule has 118 valence electrons. The SMILES string of the molecule is CCCC1CCN(CC2(CNC(C)C)CCOCC2)C1. The molecule has 0 aromatic rings. The van der Waals surface area contributed by atoms with Crippen LogP contribution < -0.4 is 5.32 Å². The maximum Gasteiger partial charge on any atom is 0.0472 e. The van der Waals surface area contributed by atoms with Gasteiger partial charge < -0.3 is 15.0 Å². The number of hydrogen-bond donors (Lipinski definition) is 1. The first-order chi connectivity index (χ1) is 9.63. The van der Waals surface area contributed by atoms with Crippen molar-refractivity contribution in [2.45, 2.75) is 58.9 Å². The number of ether oxygens (including phenoxy) is 1. The minimum Gasteiger partial charge on any atom is -0.381 e. The molecule has 2 heterocycles. The van der Waals surface area contributed by atoms with Crippen LogP contribution in [0.4, 0.5) is 0 Å². The van der Waals surface area contributed by atoms with E-state index in [2.05, 4.69) is 31.0 Å². The third-order valence-corrected chi connectivity index (χ3v) is 5.06. The Morgan fingerprint density at radius 1 is 1.30 bits per heavy atom. The van der Waals surface area contributed by atoms with Gasteiger partial charge in [-0.2, -0.15) is 0 Å². The molecular formula is C17H34N2O. The fourth-order valence-corrected chi connectivity index (χ4v) is 3.79. The predicted molar refractivity (Wildman–Crippen MR) is 85.1 cm³/mol. The van der Waals surface area contributed by atoms with Gasteiger partial charge in [-0.3, -0.25) is 0 Å². The zero-order chi connectivity index (χ0) is 14.4. The quantitative estimate of drug-likeness (QED) is 0.777. The summed E-state index contributed by atoms with van der Waals surface area (Å²) in [5.74, 6) is 0.954. The molecule has 3 heteroatoms. The summed E-state index contributed by atoms with van der Waals surface area (Å²) >= 11 is 0. The largest absolute Gasteiger partial charge is 0.381 e. The minimum absolute atomic E-state index is 0.448. The van der Waals surface area contributed by atoms with Crippen molar-refractivity contribution in [3.05, 3.63) is 0 Å². The van der Waals surface area contributed by atoms with E-state index >= 15 is 0 Å². The maximum atomic E-state index is 5.61. The summed E-state index contributed by atoms with van der Waals surface area (Å²) in [6, 6.07) is 0.584. The van der Waals surface area contributed by atoms with E-state index in [9.17, 15) is 0 Å². The summed E-state index contributed by atoms with van der Waals surface area (Å²) in [6.45, 7) is 13.8. The maximum absolute atomic E-state index is 5.61. The van der Waals surface area contributed by atoms with E-state index in [1.54, 1.807) is 0 Å². The highest BCUT2D eigenvalue weighted by Gasteiger charge is 2.36. The molecule has 3 nitrogen and oxygen atoms in total. The Bertz CT molecular complexity index is 274. The molecule has 2 fully saturated rings. The lowest BCUT2D eigenvalue weighted by molar-refractivity contribution is -0.00232. The molecule has 0 bridgehead atoms. The molecule has 2 rings (SSSR count). The second-order valence-corrected chi connectivity index (χ2v) is 7.33. The molecule has 2 aliphatic heterocycles. The number of nitrogens with zero attached hydrogens (tertiary/aromatic N) is 1. The van der Waals surface area contributed by atoms with Crippen LogP contribution in [0.15, 0.2) is 0 Å². The number of likely N-dealkylation sites (tertiary alicyclic amines) is 1. The van der Waals surface area contributed by atoms with Gasteiger partial charge in [0.1, 0.15) is 0 Å². The van der Waals surface area contributed by atoms with Crippen molar-refractivity contribution in [1.29, 1.82) is 0 Å². The summed E-state index contributed by atoms with van der Waals surface area (Å²) < 4.78 is 5.61. The second-order valence-electron chi connectivity index (χ2n) is 7.33. The minimum atomic E-state index is 0.448. The van der Waals surface area contributed by atoms with Crippen molar-refractivity contribution in [2.24, 2.45) is 11.3 Å². The average molecular weight is 282 g/mol. The first-order valence-electron chi connectivity index (χ1n) is 8.67. The van der Waals surface area contributed by atoms with Crippen LogP contribution in [0.5, 0.6) is 0 Å². The Morgan fingerprint density at radius 2 is 2.05 bits per heavy atom. The molecule has 1 atom stereocenters. The molecule has 0 amide bonds. The molecule has 20 heavy (non-hydrogen) atoms. The highest BCUT2D eigenvalue weighted by Crippen LogP contribution is 2.33. The zero-order valence-electron chi connectivity index (χ0n) is 13.8. The van der Waals surface area contributed by atoms with Crippen LogP contribution in [0, 0.1) is 11.3 Å². The predicted octanol–water partition coefficient (Wildman–Crippen LogP) is 2.90. The molecule has 0 radical (unpaired) electrons. The molecule has 0 spiro atoms. The van der Waals surface area contributed by atoms with Gasteiger partial charge in [0.15, 0.2) is 0 Å². The number of rotatable bonds is 7. The van der Waals surface area contributed by atoms with Crippen molar-refractivity contribution in [1.82, 2.24) is 10.2 Å². The van der Waals surface area contributed by atoms with Crippen LogP contribution in [-0.2, 0) is 4.74 Å². The molecule has 1 unspecified atom stereocenters. The Balaban J connectivity index is 1.87. The lowest BCUT2D eigenvalue weighted by Crippen LogP contribution is -2.48. The van der Waals surface area contributed by atoms with Crippen LogP contribution in [-0.4, -0.2) is 50.3 Å². The lowest BCUT2D eigenvalue weighted by atomic mass is 9.79. The monoisotopic (exact) mass is 282 g/mol. The van der Waals surface area contributed by atoms with E-state index in [1.807, 2.05) is 0 Å². The molecule has 0 aliphatic carbocycles. The summed E-state index contributed by atoms with van der Waals surface area (Å²) in [4.78, 5) is 2.73. The van der Waals surface area contributed by atoms with Crippen LogP contribution in [0.2, 0.25) is 0 Å². The van der Waals surface area contributed by atoms with Gasteiger partial charge in [-0.1, -0.05) is 27.2 Å². The normalized spacial score (nSPS) is 27.3. The smallest absolute Gasteiger partial charge is 0.0472 e. The molecule has 0 saturated carbocycles. The van der Waals surface area contributed by atoms with Gasteiger partial charge in [0.25, 0.3) is 0 Å². The molecular weight excluding hydrogens is 248 g/mol. The Kier molecular flexibility index (Phi) is 6.31. The first kappa shape index (κ1) is 16.3. The van der Waals surface area contributed by atoms with Crippen LogP contribution in [0.1, 0.15) is 52.9 Å². The molecule has 0 aromatic carbocycles. The standard InChI is InChI=1S/C17H34N2O/c1-4-5-16-6-9-19(12-16)14-17(13-18-15(2)3)7-10-20-11-8-17/h15-16,18H,4-14H2,1-3H3. The third-order valence-electron chi connectivity index (χ3n) is 5.06. The highest BCUT2D eigenvalue weighted by molar-refractivity contribution is 4.90. The highest BCUT2D eigenvalue weighted by atomic mass is 16.5. The fourth-order valence-electron chi connectivity index (χ4n) is 3.79. The lowest BCUT2D eigenvalue weighted by Gasteiger charge is -2.41. The second kappa shape index (κ2) is 7.77. The van der Waals surface area contributed by atoms with Gasteiger partial charge in [0, 0.05) is 38.9 Å². The molecule has 1 N–H and O–H groups in total. The van der Waals surface area contributed by atoms with Gasteiger partial charge >= 0.3 is 0 Å². The van der Waals surface area contributed by atoms with Crippen LogP contribution >= 0.6 is 0 Å². The Labute approximate surface area is 125 Å². The Morgan fingerprint density at radius 3 is 2.70 bits per heavy atom. The van der Waals surface area contributed by atoms with Gasteiger partial charge in [0.2, 0.25) is 0 Å². The summed E-state index contributed by atoms with van der Waals surface area (Å²) in [7, 11) is 0. The topological polar surface area (TPSA) is 24.5 Å². The summed E-state index contributed by atoms with van der Waals surface area (Å²) in [5, 5.41) is 3.68. The van der Waals surface area contributed by atoms with Gasteiger partial charge in [-0.15, -0.1) is 0 Å². The van der Waals surface area contributed by atoms with E-state index in [0.717, 1.165) is 25.7 Å². The van der Waals surface area contributed by atoms with Crippen molar-refractivity contribution < 1.29 is 4.74 Å². The average Bonchev–Trinajstić information content (AvgIpc) is 2.85. The first-order valence-corrected chi connectivity index (χ1v) is 8.67. The zero-order valence-corrected chi connectivity index (χ0v) is 13.8. The van der Waals surface area contributed by atoms with E-state index in [1.165, 1.54) is 51.7 Å². The van der Waals surface area contributed by atoms with Gasteiger partial charge in [0.05, 0.1) is 0 Å². The Hall–Kier alpha value is -0.120. The van der Waals surface area contributed by atoms with Crippen molar-refractivity contribution >= 4 is 0 Å². The van der Waals surface area contributed by atoms with E-state index in [-0.39, 0.29) is 0 Å². The molecule has 2 aliphatic rings. The van der Waals surface area contributed by atoms with E-state index in [4.69, 9.17) is 4.74 Å². The van der Waals surface area contributed by atoms with E-state index < -0.39 is 0 Å². The third kappa shape index (κ3) is 4.71. The van der Waals surface area contributed by atoms with Crippen molar-refractivity contribution in [3.63, 3.8) is 0 Å². The van der Waals surface area contributed by atoms with Crippen LogP contribution in [0.3, 0.4) is 0 Å². The molecule has 2 saturated heterocycles. The van der Waals surface area contributed by atoms with E-state index in [0.29, 0.717) is 11.5 Å². The van der Waals surface area contributed by atoms with Crippen LogP contribution in [0.25, 0.3) is 0 Å². The van der Waals surface area contributed by atoms with Gasteiger partial charge in [-0.05, 0) is 43.6 Å². The summed E-state index contributed by atoms with van der Waals surface area (Å²) in [5.41, 5.74) is 0.448. The summed E-state index contributed by atoms with van der Waals surface area (Å²) in [6.07, 6.45) is 6.62. The fraction of sp³-hybridized carbons (Fsp3) is 1.00. The van der Waals surface area contributed by atoms with Gasteiger partial charge in [-0.25, -0.2) is 0 Å². The van der Waals surface area contributed by atoms with Crippen molar-refractivity contribution in [2.75, 3.05) is 39.4 Å². The number of hydrogen-bond acceptors (Lipinski definition) is 3.